The molecule has 0 radical (unpaired) electrons. The summed E-state index contributed by atoms with van der Waals surface area (Å²) in [6.07, 6.45) is 4.68. The Morgan fingerprint density at radius 1 is 1.07 bits per heavy atom. The van der Waals surface area contributed by atoms with Crippen LogP contribution < -0.4 is 10.6 Å². The third-order valence-corrected chi connectivity index (χ3v) is 5.01. The van der Waals surface area contributed by atoms with Gasteiger partial charge in [0.2, 0.25) is 5.91 Å². The van der Waals surface area contributed by atoms with E-state index in [1.807, 2.05) is 0 Å². The maximum atomic E-state index is 14.1. The van der Waals surface area contributed by atoms with Crippen molar-refractivity contribution in [2.45, 2.75) is 39.0 Å². The number of benzene rings is 1. The van der Waals surface area contributed by atoms with Crippen LogP contribution in [0, 0.1) is 18.7 Å². The fraction of sp³-hybridized carbons (Fsp3) is 0.333. The Morgan fingerprint density at radius 3 is 2.45 bits per heavy atom. The Kier molecular flexibility index (Phi) is 6.21. The van der Waals surface area contributed by atoms with E-state index in [0.29, 0.717) is 0 Å². The van der Waals surface area contributed by atoms with Crippen LogP contribution in [0.15, 0.2) is 30.3 Å². The van der Waals surface area contributed by atoms with Crippen LogP contribution in [0.2, 0.25) is 0 Å². The zero-order chi connectivity index (χ0) is 21.0. The van der Waals surface area contributed by atoms with E-state index >= 15 is 0 Å². The zero-order valence-electron chi connectivity index (χ0n) is 16.0. The fourth-order valence-electron chi connectivity index (χ4n) is 3.41. The molecule has 1 aliphatic rings. The molecule has 0 saturated heterocycles. The molecular formula is C21H22FN3O4. The molecule has 1 aromatic carbocycles. The predicted octanol–water partition coefficient (Wildman–Crippen LogP) is 4.00. The van der Waals surface area contributed by atoms with Gasteiger partial charge in [-0.3, -0.25) is 9.59 Å². The van der Waals surface area contributed by atoms with Gasteiger partial charge in [-0.15, -0.1) is 0 Å². The predicted molar refractivity (Wildman–Crippen MR) is 105 cm³/mol. The number of carboxylic acid groups (broad SMARTS) is 1. The largest absolute Gasteiger partial charge is 0.478 e. The third-order valence-electron chi connectivity index (χ3n) is 5.01. The molecule has 29 heavy (non-hydrogen) atoms. The number of aromatic nitrogens is 1. The van der Waals surface area contributed by atoms with E-state index < -0.39 is 17.7 Å². The quantitative estimate of drug-likeness (QED) is 0.704. The first-order chi connectivity index (χ1) is 13.8. The van der Waals surface area contributed by atoms with Crippen molar-refractivity contribution in [3.63, 3.8) is 0 Å². The van der Waals surface area contributed by atoms with Gasteiger partial charge in [0.15, 0.2) is 0 Å². The van der Waals surface area contributed by atoms with Gasteiger partial charge in [0.25, 0.3) is 5.91 Å². The Morgan fingerprint density at radius 2 is 1.79 bits per heavy atom. The Hall–Kier alpha value is -3.29. The smallest absolute Gasteiger partial charge is 0.337 e. The summed E-state index contributed by atoms with van der Waals surface area (Å²) in [6, 6.07) is 6.51. The van der Waals surface area contributed by atoms with Crippen LogP contribution in [0.25, 0.3) is 0 Å². The van der Waals surface area contributed by atoms with Gasteiger partial charge in [-0.1, -0.05) is 19.3 Å². The van der Waals surface area contributed by atoms with Crippen LogP contribution in [0.4, 0.5) is 15.8 Å². The number of pyridine rings is 1. The van der Waals surface area contributed by atoms with Crippen molar-refractivity contribution >= 4 is 29.2 Å². The summed E-state index contributed by atoms with van der Waals surface area (Å²) in [5.74, 6) is -2.62. The van der Waals surface area contributed by atoms with E-state index in [0.717, 1.165) is 38.2 Å². The zero-order valence-corrected chi connectivity index (χ0v) is 16.0. The number of nitrogens with one attached hydrogen (secondary N) is 2. The molecule has 0 aliphatic heterocycles. The monoisotopic (exact) mass is 399 g/mol. The summed E-state index contributed by atoms with van der Waals surface area (Å²) in [7, 11) is 0. The lowest BCUT2D eigenvalue weighted by Crippen LogP contribution is -2.25. The average Bonchev–Trinajstić information content (AvgIpc) is 2.70. The summed E-state index contributed by atoms with van der Waals surface area (Å²) in [6.45, 7) is 1.50. The molecule has 1 aromatic heterocycles. The summed E-state index contributed by atoms with van der Waals surface area (Å²) < 4.78 is 14.1. The van der Waals surface area contributed by atoms with Crippen molar-refractivity contribution in [1.82, 2.24) is 4.98 Å². The summed E-state index contributed by atoms with van der Waals surface area (Å²) in [4.78, 5) is 39.8. The van der Waals surface area contributed by atoms with E-state index in [1.54, 1.807) is 0 Å². The highest BCUT2D eigenvalue weighted by molar-refractivity contribution is 6.04. The number of hydrogen-bond donors (Lipinski definition) is 3. The second kappa shape index (κ2) is 8.81. The number of aryl methyl sites for hydroxylation is 1. The van der Waals surface area contributed by atoms with Crippen LogP contribution in [0.3, 0.4) is 0 Å². The molecular weight excluding hydrogens is 377 g/mol. The second-order valence-corrected chi connectivity index (χ2v) is 7.11. The second-order valence-electron chi connectivity index (χ2n) is 7.11. The van der Waals surface area contributed by atoms with Crippen LogP contribution in [0.1, 0.15) is 58.6 Å². The number of anilines is 2. The molecule has 1 aliphatic carbocycles. The van der Waals surface area contributed by atoms with Gasteiger partial charge >= 0.3 is 5.97 Å². The molecule has 2 amide bonds. The molecule has 152 valence electrons. The number of hydrogen-bond acceptors (Lipinski definition) is 4. The number of rotatable bonds is 5. The highest BCUT2D eigenvalue weighted by Gasteiger charge is 2.22. The van der Waals surface area contributed by atoms with Crippen molar-refractivity contribution < 1.29 is 23.9 Å². The first-order valence-corrected chi connectivity index (χ1v) is 9.48. The number of carbonyl (C=O) groups excluding carboxylic acids is 2. The molecule has 1 saturated carbocycles. The average molecular weight is 399 g/mol. The van der Waals surface area contributed by atoms with Crippen LogP contribution >= 0.6 is 0 Å². The lowest BCUT2D eigenvalue weighted by atomic mass is 9.88. The summed E-state index contributed by atoms with van der Waals surface area (Å²) in [5.41, 5.74) is 0.547. The highest BCUT2D eigenvalue weighted by atomic mass is 19.1. The normalized spacial score (nSPS) is 14.3. The number of aromatic carboxylic acids is 1. The Labute approximate surface area is 167 Å². The van der Waals surface area contributed by atoms with Gasteiger partial charge in [0.05, 0.1) is 16.9 Å². The molecule has 0 atom stereocenters. The van der Waals surface area contributed by atoms with E-state index in [9.17, 15) is 18.8 Å². The molecule has 2 aromatic rings. The van der Waals surface area contributed by atoms with Gasteiger partial charge in [-0.05, 0) is 50.1 Å². The number of carbonyl (C=O) groups is 3. The topological polar surface area (TPSA) is 108 Å². The first-order valence-electron chi connectivity index (χ1n) is 9.48. The van der Waals surface area contributed by atoms with Crippen LogP contribution in [-0.4, -0.2) is 27.9 Å². The molecule has 8 heteroatoms. The van der Waals surface area contributed by atoms with Gasteiger partial charge in [-0.2, -0.15) is 0 Å². The van der Waals surface area contributed by atoms with Crippen molar-refractivity contribution in [2.24, 2.45) is 5.92 Å². The number of halogens is 1. The fourth-order valence-corrected chi connectivity index (χ4v) is 3.41. The first kappa shape index (κ1) is 20.4. The molecule has 7 nitrogen and oxygen atoms in total. The maximum Gasteiger partial charge on any atom is 0.337 e. The highest BCUT2D eigenvalue weighted by Crippen LogP contribution is 2.26. The number of carboxylic acids is 1. The Balaban J connectivity index is 1.72. The van der Waals surface area contributed by atoms with Gasteiger partial charge < -0.3 is 15.7 Å². The molecule has 1 fully saturated rings. The molecule has 1 heterocycles. The minimum atomic E-state index is -1.13. The van der Waals surface area contributed by atoms with Crippen LogP contribution in [-0.2, 0) is 4.79 Å². The SMILES string of the molecule is Cc1nc(C(=O)Nc2ccc(F)c(NC(=O)C3CCCCC3)c2)ccc1C(=O)O. The number of amides is 2. The van der Waals surface area contributed by atoms with Crippen molar-refractivity contribution in [2.75, 3.05) is 10.6 Å². The third kappa shape index (κ3) is 4.96. The lowest BCUT2D eigenvalue weighted by molar-refractivity contribution is -0.120. The molecule has 0 bridgehead atoms. The molecule has 3 N–H and O–H groups in total. The van der Waals surface area contributed by atoms with E-state index in [1.165, 1.54) is 31.2 Å². The van der Waals surface area contributed by atoms with Crippen molar-refractivity contribution in [1.29, 1.82) is 0 Å². The maximum absolute atomic E-state index is 14.1. The molecule has 3 rings (SSSR count). The van der Waals surface area contributed by atoms with E-state index in [-0.39, 0.29) is 40.2 Å². The molecule has 0 spiro atoms. The van der Waals surface area contributed by atoms with Crippen molar-refractivity contribution in [3.05, 3.63) is 53.1 Å². The molecule has 0 unspecified atom stereocenters. The van der Waals surface area contributed by atoms with Crippen LogP contribution in [0.5, 0.6) is 0 Å². The summed E-state index contributed by atoms with van der Waals surface area (Å²) in [5, 5.41) is 14.2. The Bertz CT molecular complexity index is 955. The minimum Gasteiger partial charge on any atom is -0.478 e. The minimum absolute atomic E-state index is 0.00346. The van der Waals surface area contributed by atoms with Gasteiger partial charge in [0, 0.05) is 11.6 Å². The van der Waals surface area contributed by atoms with Gasteiger partial charge in [-0.25, -0.2) is 14.2 Å². The number of nitrogens with zero attached hydrogens (tertiary/aromatic N) is 1. The standard InChI is InChI=1S/C21H22FN3O4/c1-12-15(21(28)29)8-10-17(23-12)20(27)24-14-7-9-16(22)18(11-14)25-19(26)13-5-3-2-4-6-13/h7-11,13H,2-6H2,1H3,(H,24,27)(H,25,26)(H,28,29). The van der Waals surface area contributed by atoms with Crippen molar-refractivity contribution in [3.8, 4) is 0 Å². The van der Waals surface area contributed by atoms with Gasteiger partial charge in [0.1, 0.15) is 11.5 Å². The summed E-state index contributed by atoms with van der Waals surface area (Å²) >= 11 is 0. The van der Waals surface area contributed by atoms with E-state index in [2.05, 4.69) is 15.6 Å². The lowest BCUT2D eigenvalue weighted by Gasteiger charge is -2.21. The van der Waals surface area contributed by atoms with E-state index in [4.69, 9.17) is 5.11 Å².